The molecule has 0 atom stereocenters. The van der Waals surface area contributed by atoms with Crippen LogP contribution in [0.4, 0.5) is 5.82 Å². The van der Waals surface area contributed by atoms with Crippen molar-refractivity contribution in [2.24, 2.45) is 0 Å². The van der Waals surface area contributed by atoms with Crippen molar-refractivity contribution in [1.82, 2.24) is 9.97 Å². The van der Waals surface area contributed by atoms with E-state index in [1.807, 2.05) is 11.4 Å². The zero-order chi connectivity index (χ0) is 12.6. The van der Waals surface area contributed by atoms with Gasteiger partial charge < -0.3 is 10.1 Å². The van der Waals surface area contributed by atoms with Crippen LogP contribution in [0.3, 0.4) is 0 Å². The Labute approximate surface area is 111 Å². The molecule has 2 aromatic rings. The SMILES string of the molecule is CCCNc1cnc(COCc2cccs2)cn1. The summed E-state index contributed by atoms with van der Waals surface area (Å²) in [7, 11) is 0. The summed E-state index contributed by atoms with van der Waals surface area (Å²) in [6.45, 7) is 4.17. The normalized spacial score (nSPS) is 10.5. The van der Waals surface area contributed by atoms with Gasteiger partial charge >= 0.3 is 0 Å². The number of nitrogens with one attached hydrogen (secondary N) is 1. The van der Waals surface area contributed by atoms with E-state index >= 15 is 0 Å². The quantitative estimate of drug-likeness (QED) is 0.834. The van der Waals surface area contributed by atoms with E-state index in [4.69, 9.17) is 4.74 Å². The van der Waals surface area contributed by atoms with Crippen molar-refractivity contribution in [2.75, 3.05) is 11.9 Å². The molecule has 0 saturated heterocycles. The molecule has 2 heterocycles. The van der Waals surface area contributed by atoms with Crippen molar-refractivity contribution in [3.8, 4) is 0 Å². The number of hydrogen-bond acceptors (Lipinski definition) is 5. The van der Waals surface area contributed by atoms with Gasteiger partial charge in [0.15, 0.2) is 0 Å². The highest BCUT2D eigenvalue weighted by Gasteiger charge is 1.99. The number of thiophene rings is 1. The van der Waals surface area contributed by atoms with Crippen molar-refractivity contribution in [1.29, 1.82) is 0 Å². The Balaban J connectivity index is 1.75. The van der Waals surface area contributed by atoms with E-state index in [1.165, 1.54) is 4.88 Å². The lowest BCUT2D eigenvalue weighted by Crippen LogP contribution is -2.03. The van der Waals surface area contributed by atoms with Crippen LogP contribution in [0, 0.1) is 0 Å². The first-order chi connectivity index (χ1) is 8.88. The van der Waals surface area contributed by atoms with Crippen molar-refractivity contribution < 1.29 is 4.74 Å². The minimum atomic E-state index is 0.499. The van der Waals surface area contributed by atoms with Gasteiger partial charge in [0.2, 0.25) is 0 Å². The molecule has 0 radical (unpaired) electrons. The smallest absolute Gasteiger partial charge is 0.144 e. The summed E-state index contributed by atoms with van der Waals surface area (Å²) >= 11 is 1.70. The lowest BCUT2D eigenvalue weighted by atomic mass is 10.4. The summed E-state index contributed by atoms with van der Waals surface area (Å²) in [5, 5.41) is 5.24. The van der Waals surface area contributed by atoms with Crippen molar-refractivity contribution in [3.63, 3.8) is 0 Å². The second-order valence-electron chi connectivity index (χ2n) is 3.89. The third-order valence-electron chi connectivity index (χ3n) is 2.34. The third-order valence-corrected chi connectivity index (χ3v) is 3.19. The zero-order valence-electron chi connectivity index (χ0n) is 10.4. The Hall–Kier alpha value is -1.46. The first kappa shape index (κ1) is 13.0. The van der Waals surface area contributed by atoms with Gasteiger partial charge in [0.25, 0.3) is 0 Å². The second-order valence-corrected chi connectivity index (χ2v) is 4.92. The molecular formula is C13H17N3OS. The molecule has 4 nitrogen and oxygen atoms in total. The molecule has 0 aliphatic carbocycles. The Morgan fingerprint density at radius 3 is 2.89 bits per heavy atom. The summed E-state index contributed by atoms with van der Waals surface area (Å²) in [5.74, 6) is 0.818. The van der Waals surface area contributed by atoms with Gasteiger partial charge in [-0.2, -0.15) is 0 Å². The fraction of sp³-hybridized carbons (Fsp3) is 0.385. The molecule has 0 aromatic carbocycles. The molecule has 0 spiro atoms. The number of hydrogen-bond donors (Lipinski definition) is 1. The van der Waals surface area contributed by atoms with E-state index in [2.05, 4.69) is 28.3 Å². The molecule has 5 heteroatoms. The summed E-state index contributed by atoms with van der Waals surface area (Å²) in [6, 6.07) is 4.09. The maximum Gasteiger partial charge on any atom is 0.144 e. The molecule has 18 heavy (non-hydrogen) atoms. The van der Waals surface area contributed by atoms with Gasteiger partial charge in [-0.1, -0.05) is 13.0 Å². The Morgan fingerprint density at radius 2 is 2.22 bits per heavy atom. The van der Waals surface area contributed by atoms with Crippen LogP contribution in [0.5, 0.6) is 0 Å². The highest BCUT2D eigenvalue weighted by molar-refractivity contribution is 7.09. The molecule has 1 N–H and O–H groups in total. The highest BCUT2D eigenvalue weighted by Crippen LogP contribution is 2.10. The molecule has 0 aliphatic rings. The molecule has 0 aliphatic heterocycles. The first-order valence-electron chi connectivity index (χ1n) is 6.03. The molecule has 0 unspecified atom stereocenters. The van der Waals surface area contributed by atoms with Gasteiger partial charge in [-0.15, -0.1) is 11.3 Å². The van der Waals surface area contributed by atoms with Crippen LogP contribution in [0.1, 0.15) is 23.9 Å². The monoisotopic (exact) mass is 263 g/mol. The van der Waals surface area contributed by atoms with Gasteiger partial charge in [0.1, 0.15) is 5.82 Å². The van der Waals surface area contributed by atoms with Gasteiger partial charge in [-0.3, -0.25) is 4.98 Å². The molecule has 0 amide bonds. The number of rotatable bonds is 7. The average molecular weight is 263 g/mol. The summed E-state index contributed by atoms with van der Waals surface area (Å²) < 4.78 is 5.57. The average Bonchev–Trinajstić information content (AvgIpc) is 2.91. The number of anilines is 1. The zero-order valence-corrected chi connectivity index (χ0v) is 11.2. The maximum atomic E-state index is 5.57. The van der Waals surface area contributed by atoms with E-state index in [-0.39, 0.29) is 0 Å². The number of nitrogens with zero attached hydrogens (tertiary/aromatic N) is 2. The maximum absolute atomic E-state index is 5.57. The van der Waals surface area contributed by atoms with Crippen LogP contribution in [0.2, 0.25) is 0 Å². The van der Waals surface area contributed by atoms with Gasteiger partial charge in [0, 0.05) is 11.4 Å². The van der Waals surface area contributed by atoms with E-state index in [1.54, 1.807) is 23.7 Å². The van der Waals surface area contributed by atoms with E-state index < -0.39 is 0 Å². The minimum Gasteiger partial charge on any atom is -0.370 e. The predicted octanol–water partition coefficient (Wildman–Crippen LogP) is 3.08. The van der Waals surface area contributed by atoms with Crippen LogP contribution in [0.15, 0.2) is 29.9 Å². The Bertz CT molecular complexity index is 442. The van der Waals surface area contributed by atoms with E-state index in [0.29, 0.717) is 13.2 Å². The van der Waals surface area contributed by atoms with Gasteiger partial charge in [0.05, 0.1) is 31.3 Å². The van der Waals surface area contributed by atoms with Crippen LogP contribution in [-0.2, 0) is 18.0 Å². The fourth-order valence-electron chi connectivity index (χ4n) is 1.42. The van der Waals surface area contributed by atoms with Gasteiger partial charge in [-0.25, -0.2) is 4.98 Å². The fourth-order valence-corrected chi connectivity index (χ4v) is 2.07. The predicted molar refractivity (Wildman–Crippen MR) is 73.6 cm³/mol. The summed E-state index contributed by atoms with van der Waals surface area (Å²) in [6.07, 6.45) is 4.58. The molecular weight excluding hydrogens is 246 g/mol. The standard InChI is InChI=1S/C13H17N3OS/c1-2-5-14-13-8-15-11(7-16-13)9-17-10-12-4-3-6-18-12/h3-4,6-8H,2,5,9-10H2,1H3,(H,14,16). The van der Waals surface area contributed by atoms with Crippen LogP contribution < -0.4 is 5.32 Å². The minimum absolute atomic E-state index is 0.499. The topological polar surface area (TPSA) is 47.0 Å². The summed E-state index contributed by atoms with van der Waals surface area (Å²) in [5.41, 5.74) is 0.855. The van der Waals surface area contributed by atoms with Crippen LogP contribution in [0.25, 0.3) is 0 Å². The number of ether oxygens (including phenoxy) is 1. The Morgan fingerprint density at radius 1 is 1.28 bits per heavy atom. The van der Waals surface area contributed by atoms with Crippen molar-refractivity contribution >= 4 is 17.2 Å². The second kappa shape index (κ2) is 7.08. The first-order valence-corrected chi connectivity index (χ1v) is 6.91. The Kier molecular flexibility index (Phi) is 5.11. The highest BCUT2D eigenvalue weighted by atomic mass is 32.1. The van der Waals surface area contributed by atoms with E-state index in [9.17, 15) is 0 Å². The molecule has 0 saturated carbocycles. The van der Waals surface area contributed by atoms with Gasteiger partial charge in [-0.05, 0) is 17.9 Å². The van der Waals surface area contributed by atoms with Crippen molar-refractivity contribution in [3.05, 3.63) is 40.5 Å². The summed E-state index contributed by atoms with van der Waals surface area (Å²) in [4.78, 5) is 9.81. The van der Waals surface area contributed by atoms with Crippen LogP contribution >= 0.6 is 11.3 Å². The molecule has 0 bridgehead atoms. The van der Waals surface area contributed by atoms with Crippen LogP contribution in [-0.4, -0.2) is 16.5 Å². The largest absolute Gasteiger partial charge is 0.370 e. The molecule has 0 fully saturated rings. The molecule has 2 rings (SSSR count). The van der Waals surface area contributed by atoms with Crippen molar-refractivity contribution in [2.45, 2.75) is 26.6 Å². The number of aromatic nitrogens is 2. The van der Waals surface area contributed by atoms with E-state index in [0.717, 1.165) is 24.5 Å². The molecule has 2 aromatic heterocycles. The third kappa shape index (κ3) is 4.09. The lowest BCUT2D eigenvalue weighted by molar-refractivity contribution is 0.106. The molecule has 96 valence electrons. The lowest BCUT2D eigenvalue weighted by Gasteiger charge is -2.05.